The molecule has 1 unspecified atom stereocenters. The van der Waals surface area contributed by atoms with E-state index < -0.39 is 5.37 Å². The Morgan fingerprint density at radius 1 is 1.58 bits per heavy atom. The summed E-state index contributed by atoms with van der Waals surface area (Å²) in [6.45, 7) is 0. The molecule has 0 aromatic heterocycles. The molecule has 2 nitrogen and oxygen atoms in total. The smallest absolute Gasteiger partial charge is 0.124 e. The summed E-state index contributed by atoms with van der Waals surface area (Å²) in [6.07, 6.45) is 0. The Kier molecular flexibility index (Phi) is 2.94. The van der Waals surface area contributed by atoms with Crippen molar-refractivity contribution in [2.45, 2.75) is 5.37 Å². The van der Waals surface area contributed by atoms with E-state index in [0.717, 1.165) is 0 Å². The lowest BCUT2D eigenvalue weighted by Crippen LogP contribution is -2.04. The molecule has 0 aliphatic heterocycles. The van der Waals surface area contributed by atoms with Crippen molar-refractivity contribution in [3.05, 3.63) is 29.6 Å². The fourth-order valence-electron chi connectivity index (χ4n) is 0.936. The lowest BCUT2D eigenvalue weighted by Gasteiger charge is -2.10. The first-order chi connectivity index (χ1) is 5.65. The number of rotatable bonds is 2. The maximum absolute atomic E-state index is 12.7. The number of ether oxygens (including phenoxy) is 1. The topological polar surface area (TPSA) is 35.2 Å². The van der Waals surface area contributed by atoms with Gasteiger partial charge in [0.15, 0.2) is 0 Å². The van der Waals surface area contributed by atoms with E-state index in [2.05, 4.69) is 12.6 Å². The summed E-state index contributed by atoms with van der Waals surface area (Å²) < 4.78 is 17.7. The quantitative estimate of drug-likeness (QED) is 0.546. The van der Waals surface area contributed by atoms with Crippen molar-refractivity contribution >= 4 is 12.6 Å². The third-order valence-corrected chi connectivity index (χ3v) is 1.79. The first-order valence-electron chi connectivity index (χ1n) is 3.42. The molecule has 1 aromatic rings. The standard InChI is InChI=1S/C8H10FNOS/c1-11-7-3-2-5(9)4-6(7)8(10)12/h2-4,8,12H,10H2,1H3. The molecular formula is C8H10FNOS. The first-order valence-corrected chi connectivity index (χ1v) is 3.94. The summed E-state index contributed by atoms with van der Waals surface area (Å²) in [7, 11) is 1.51. The van der Waals surface area contributed by atoms with Crippen molar-refractivity contribution in [2.24, 2.45) is 5.73 Å². The molecule has 2 N–H and O–H groups in total. The highest BCUT2D eigenvalue weighted by Gasteiger charge is 2.08. The Morgan fingerprint density at radius 2 is 2.25 bits per heavy atom. The van der Waals surface area contributed by atoms with E-state index in [-0.39, 0.29) is 5.82 Å². The average molecular weight is 187 g/mol. The minimum atomic E-state index is -0.518. The van der Waals surface area contributed by atoms with Gasteiger partial charge in [0.1, 0.15) is 11.6 Å². The molecule has 0 amide bonds. The highest BCUT2D eigenvalue weighted by atomic mass is 32.1. The summed E-state index contributed by atoms with van der Waals surface area (Å²) in [6, 6.07) is 4.16. The molecule has 0 heterocycles. The second-order valence-corrected chi connectivity index (χ2v) is 2.89. The Labute approximate surface area is 75.9 Å². The zero-order valence-electron chi connectivity index (χ0n) is 6.62. The predicted octanol–water partition coefficient (Wildman–Crippen LogP) is 1.72. The Hall–Kier alpha value is -0.740. The molecule has 66 valence electrons. The molecule has 0 radical (unpaired) electrons. The minimum Gasteiger partial charge on any atom is -0.496 e. The molecule has 1 aromatic carbocycles. The van der Waals surface area contributed by atoms with Crippen LogP contribution >= 0.6 is 12.6 Å². The molecule has 0 spiro atoms. The lowest BCUT2D eigenvalue weighted by molar-refractivity contribution is 0.408. The SMILES string of the molecule is COc1ccc(F)cc1C(N)S. The van der Waals surface area contributed by atoms with Crippen molar-refractivity contribution < 1.29 is 9.13 Å². The third kappa shape index (κ3) is 1.89. The van der Waals surface area contributed by atoms with Gasteiger partial charge in [0.25, 0.3) is 0 Å². The van der Waals surface area contributed by atoms with Gasteiger partial charge in [-0.2, -0.15) is 12.6 Å². The highest BCUT2D eigenvalue weighted by molar-refractivity contribution is 7.80. The van der Waals surface area contributed by atoms with Crippen LogP contribution in [-0.4, -0.2) is 7.11 Å². The van der Waals surface area contributed by atoms with Crippen LogP contribution < -0.4 is 10.5 Å². The number of nitrogens with two attached hydrogens (primary N) is 1. The minimum absolute atomic E-state index is 0.338. The number of halogens is 1. The lowest BCUT2D eigenvalue weighted by atomic mass is 10.2. The molecule has 0 bridgehead atoms. The number of thiol groups is 1. The molecule has 0 saturated heterocycles. The van der Waals surface area contributed by atoms with E-state index in [0.29, 0.717) is 11.3 Å². The molecule has 1 atom stereocenters. The third-order valence-electron chi connectivity index (χ3n) is 1.51. The van der Waals surface area contributed by atoms with Crippen LogP contribution in [0.1, 0.15) is 10.9 Å². The van der Waals surface area contributed by atoms with Crippen LogP contribution in [0.25, 0.3) is 0 Å². The van der Waals surface area contributed by atoms with Crippen LogP contribution in [0, 0.1) is 5.82 Å². The van der Waals surface area contributed by atoms with Crippen molar-refractivity contribution in [2.75, 3.05) is 7.11 Å². The van der Waals surface area contributed by atoms with Crippen LogP contribution in [0.4, 0.5) is 4.39 Å². The molecule has 0 aliphatic carbocycles. The Bertz CT molecular complexity index is 278. The fourth-order valence-corrected chi connectivity index (χ4v) is 1.14. The second kappa shape index (κ2) is 3.78. The van der Waals surface area contributed by atoms with Crippen LogP contribution in [-0.2, 0) is 0 Å². The van der Waals surface area contributed by atoms with Gasteiger partial charge in [0.2, 0.25) is 0 Å². The van der Waals surface area contributed by atoms with Gasteiger partial charge in [0, 0.05) is 5.56 Å². The van der Waals surface area contributed by atoms with Gasteiger partial charge >= 0.3 is 0 Å². The van der Waals surface area contributed by atoms with Gasteiger partial charge in [-0.1, -0.05) is 0 Å². The van der Waals surface area contributed by atoms with E-state index in [4.69, 9.17) is 10.5 Å². The molecule has 12 heavy (non-hydrogen) atoms. The highest BCUT2D eigenvalue weighted by Crippen LogP contribution is 2.26. The van der Waals surface area contributed by atoms with Gasteiger partial charge in [-0.15, -0.1) is 0 Å². The largest absolute Gasteiger partial charge is 0.496 e. The van der Waals surface area contributed by atoms with E-state index in [1.54, 1.807) is 0 Å². The van der Waals surface area contributed by atoms with Crippen LogP contribution in [0.2, 0.25) is 0 Å². The summed E-state index contributed by atoms with van der Waals surface area (Å²) in [5, 5.41) is -0.518. The maximum Gasteiger partial charge on any atom is 0.124 e. The maximum atomic E-state index is 12.7. The molecule has 0 saturated carbocycles. The van der Waals surface area contributed by atoms with E-state index >= 15 is 0 Å². The summed E-state index contributed by atoms with van der Waals surface area (Å²) in [4.78, 5) is 0. The van der Waals surface area contributed by atoms with Gasteiger partial charge in [-0.3, -0.25) is 0 Å². The fraction of sp³-hybridized carbons (Fsp3) is 0.250. The number of hydrogen-bond acceptors (Lipinski definition) is 3. The van der Waals surface area contributed by atoms with Gasteiger partial charge in [-0.25, -0.2) is 4.39 Å². The second-order valence-electron chi connectivity index (χ2n) is 2.33. The van der Waals surface area contributed by atoms with Crippen LogP contribution in [0.5, 0.6) is 5.75 Å². The zero-order chi connectivity index (χ0) is 9.14. The van der Waals surface area contributed by atoms with Gasteiger partial charge in [0.05, 0.1) is 12.5 Å². The Balaban J connectivity index is 3.12. The van der Waals surface area contributed by atoms with Crippen molar-refractivity contribution in [3.63, 3.8) is 0 Å². The monoisotopic (exact) mass is 187 g/mol. The van der Waals surface area contributed by atoms with Gasteiger partial charge < -0.3 is 10.5 Å². The predicted molar refractivity (Wildman–Crippen MR) is 48.9 cm³/mol. The zero-order valence-corrected chi connectivity index (χ0v) is 7.51. The molecule has 0 aliphatic rings. The van der Waals surface area contributed by atoms with E-state index in [1.165, 1.54) is 25.3 Å². The summed E-state index contributed by atoms with van der Waals surface area (Å²) in [5.41, 5.74) is 6.03. The summed E-state index contributed by atoms with van der Waals surface area (Å²) in [5.74, 6) is 0.217. The van der Waals surface area contributed by atoms with Crippen molar-refractivity contribution in [1.29, 1.82) is 0 Å². The van der Waals surface area contributed by atoms with E-state index in [1.807, 2.05) is 0 Å². The average Bonchev–Trinajstić information content (AvgIpc) is 2.04. The van der Waals surface area contributed by atoms with Crippen LogP contribution in [0.15, 0.2) is 18.2 Å². The number of benzene rings is 1. The van der Waals surface area contributed by atoms with Crippen molar-refractivity contribution in [3.8, 4) is 5.75 Å². The van der Waals surface area contributed by atoms with Crippen molar-refractivity contribution in [1.82, 2.24) is 0 Å². The van der Waals surface area contributed by atoms with E-state index in [9.17, 15) is 4.39 Å². The summed E-state index contributed by atoms with van der Waals surface area (Å²) >= 11 is 3.99. The normalized spacial score (nSPS) is 12.7. The Morgan fingerprint density at radius 3 is 2.75 bits per heavy atom. The number of methoxy groups -OCH3 is 1. The van der Waals surface area contributed by atoms with Gasteiger partial charge in [-0.05, 0) is 18.2 Å². The molecule has 0 fully saturated rings. The number of hydrogen-bond donors (Lipinski definition) is 2. The van der Waals surface area contributed by atoms with Crippen LogP contribution in [0.3, 0.4) is 0 Å². The molecule has 1 rings (SSSR count). The molecular weight excluding hydrogens is 177 g/mol. The molecule has 4 heteroatoms. The first kappa shape index (κ1) is 9.35.